The Morgan fingerprint density at radius 1 is 1.44 bits per heavy atom. The van der Waals surface area contributed by atoms with Crippen LogP contribution >= 0.6 is 11.6 Å². The number of anilines is 1. The molecule has 1 aromatic rings. The lowest BCUT2D eigenvalue weighted by Gasteiger charge is -2.16. The highest BCUT2D eigenvalue weighted by atomic mass is 35.5. The van der Waals surface area contributed by atoms with Crippen LogP contribution in [0.15, 0.2) is 18.2 Å². The predicted molar refractivity (Wildman–Crippen MR) is 67.7 cm³/mol. The van der Waals surface area contributed by atoms with Gasteiger partial charge in [-0.2, -0.15) is 0 Å². The Kier molecular flexibility index (Phi) is 3.43. The molecule has 1 fully saturated rings. The number of primary amides is 1. The molecule has 2 rings (SSSR count). The van der Waals surface area contributed by atoms with Crippen molar-refractivity contribution in [3.8, 4) is 0 Å². The molecule has 0 aliphatic heterocycles. The molecule has 0 saturated heterocycles. The van der Waals surface area contributed by atoms with E-state index in [-0.39, 0.29) is 5.92 Å². The summed E-state index contributed by atoms with van der Waals surface area (Å²) in [6.45, 7) is 0. The normalized spacial score (nSPS) is 16.1. The van der Waals surface area contributed by atoms with Crippen molar-refractivity contribution in [2.45, 2.75) is 18.9 Å². The first-order chi connectivity index (χ1) is 8.49. The molecule has 96 valence electrons. The second-order valence-corrected chi connectivity index (χ2v) is 4.76. The standard InChI is InChI=1S/C12H13ClN2O3/c13-8-5-7(11(14)16)3-4-9(8)15-10(12(17)18)6-1-2-6/h3-6,10,15H,1-2H2,(H2,14,16)(H,17,18). The highest BCUT2D eigenvalue weighted by Gasteiger charge is 2.36. The van der Waals surface area contributed by atoms with E-state index in [0.29, 0.717) is 16.3 Å². The van der Waals surface area contributed by atoms with E-state index in [4.69, 9.17) is 22.4 Å². The third-order valence-electron chi connectivity index (χ3n) is 2.92. The highest BCUT2D eigenvalue weighted by Crippen LogP contribution is 2.35. The van der Waals surface area contributed by atoms with Gasteiger partial charge in [0.05, 0.1) is 10.7 Å². The molecule has 0 radical (unpaired) electrons. The Hall–Kier alpha value is -1.75. The Morgan fingerprint density at radius 3 is 2.56 bits per heavy atom. The molecule has 1 saturated carbocycles. The summed E-state index contributed by atoms with van der Waals surface area (Å²) < 4.78 is 0. The van der Waals surface area contributed by atoms with Gasteiger partial charge in [0, 0.05) is 5.56 Å². The number of halogens is 1. The van der Waals surface area contributed by atoms with Crippen molar-refractivity contribution < 1.29 is 14.7 Å². The van der Waals surface area contributed by atoms with Gasteiger partial charge in [0.25, 0.3) is 0 Å². The van der Waals surface area contributed by atoms with Crippen LogP contribution in [0.25, 0.3) is 0 Å². The van der Waals surface area contributed by atoms with Gasteiger partial charge >= 0.3 is 5.97 Å². The second-order valence-electron chi connectivity index (χ2n) is 4.36. The molecule has 0 aromatic heterocycles. The van der Waals surface area contributed by atoms with Crippen molar-refractivity contribution in [1.82, 2.24) is 0 Å². The topological polar surface area (TPSA) is 92.4 Å². The van der Waals surface area contributed by atoms with Gasteiger partial charge in [0.1, 0.15) is 6.04 Å². The number of hydrogen-bond acceptors (Lipinski definition) is 3. The minimum atomic E-state index is -0.896. The molecule has 1 atom stereocenters. The van der Waals surface area contributed by atoms with E-state index in [1.54, 1.807) is 6.07 Å². The fraction of sp³-hybridized carbons (Fsp3) is 0.333. The molecular weight excluding hydrogens is 256 g/mol. The van der Waals surface area contributed by atoms with E-state index in [1.807, 2.05) is 0 Å². The Morgan fingerprint density at radius 2 is 2.11 bits per heavy atom. The van der Waals surface area contributed by atoms with Crippen LogP contribution in [-0.2, 0) is 4.79 Å². The van der Waals surface area contributed by atoms with E-state index < -0.39 is 17.9 Å². The van der Waals surface area contributed by atoms with Crippen LogP contribution in [0, 0.1) is 5.92 Å². The fourth-order valence-corrected chi connectivity index (χ4v) is 2.00. The van der Waals surface area contributed by atoms with Gasteiger partial charge in [0.15, 0.2) is 0 Å². The summed E-state index contributed by atoms with van der Waals surface area (Å²) in [4.78, 5) is 22.1. The number of carbonyl (C=O) groups is 2. The lowest BCUT2D eigenvalue weighted by molar-refractivity contribution is -0.138. The van der Waals surface area contributed by atoms with Gasteiger partial charge in [-0.15, -0.1) is 0 Å². The van der Waals surface area contributed by atoms with Crippen LogP contribution in [0.2, 0.25) is 5.02 Å². The molecule has 5 nitrogen and oxygen atoms in total. The zero-order valence-electron chi connectivity index (χ0n) is 9.52. The second kappa shape index (κ2) is 4.86. The van der Waals surface area contributed by atoms with E-state index in [0.717, 1.165) is 12.8 Å². The largest absolute Gasteiger partial charge is 0.480 e. The van der Waals surface area contributed by atoms with Crippen LogP contribution < -0.4 is 11.1 Å². The Bertz CT molecular complexity index is 500. The average Bonchev–Trinajstić information content (AvgIpc) is 3.10. The van der Waals surface area contributed by atoms with Crippen molar-refractivity contribution >= 4 is 29.2 Å². The molecular formula is C12H13ClN2O3. The molecule has 1 aliphatic rings. The number of carboxylic acid groups (broad SMARTS) is 1. The monoisotopic (exact) mass is 268 g/mol. The molecule has 6 heteroatoms. The van der Waals surface area contributed by atoms with Crippen LogP contribution in [0.1, 0.15) is 23.2 Å². The zero-order valence-corrected chi connectivity index (χ0v) is 10.3. The SMILES string of the molecule is NC(=O)c1ccc(NC(C(=O)O)C2CC2)c(Cl)c1. The molecule has 1 aliphatic carbocycles. The number of nitrogens with one attached hydrogen (secondary N) is 1. The summed E-state index contributed by atoms with van der Waals surface area (Å²) in [6.07, 6.45) is 1.81. The maximum Gasteiger partial charge on any atom is 0.326 e. The minimum Gasteiger partial charge on any atom is -0.480 e. The van der Waals surface area contributed by atoms with Crippen LogP contribution in [0.4, 0.5) is 5.69 Å². The number of rotatable bonds is 5. The molecule has 4 N–H and O–H groups in total. The summed E-state index contributed by atoms with van der Waals surface area (Å²) in [7, 11) is 0. The first-order valence-corrected chi connectivity index (χ1v) is 5.95. The molecule has 1 unspecified atom stereocenters. The summed E-state index contributed by atoms with van der Waals surface area (Å²) in [5.41, 5.74) is 5.92. The number of benzene rings is 1. The van der Waals surface area contributed by atoms with Gasteiger partial charge in [0.2, 0.25) is 5.91 Å². The summed E-state index contributed by atoms with van der Waals surface area (Å²) in [5.74, 6) is -1.32. The lowest BCUT2D eigenvalue weighted by atomic mass is 10.1. The first-order valence-electron chi connectivity index (χ1n) is 5.57. The van der Waals surface area contributed by atoms with E-state index in [2.05, 4.69) is 5.32 Å². The molecule has 18 heavy (non-hydrogen) atoms. The Balaban J connectivity index is 2.18. The van der Waals surface area contributed by atoms with Gasteiger partial charge < -0.3 is 16.2 Å². The van der Waals surface area contributed by atoms with Crippen molar-refractivity contribution in [1.29, 1.82) is 0 Å². The van der Waals surface area contributed by atoms with Crippen LogP contribution in [-0.4, -0.2) is 23.0 Å². The quantitative estimate of drug-likeness (QED) is 0.758. The average molecular weight is 269 g/mol. The van der Waals surface area contributed by atoms with Crippen LogP contribution in [0.3, 0.4) is 0 Å². The smallest absolute Gasteiger partial charge is 0.326 e. The zero-order chi connectivity index (χ0) is 13.3. The number of nitrogens with two attached hydrogens (primary N) is 1. The molecule has 0 bridgehead atoms. The van der Waals surface area contributed by atoms with Gasteiger partial charge in [-0.1, -0.05) is 11.6 Å². The van der Waals surface area contributed by atoms with Crippen molar-refractivity contribution in [2.75, 3.05) is 5.32 Å². The van der Waals surface area contributed by atoms with Crippen LogP contribution in [0.5, 0.6) is 0 Å². The van der Waals surface area contributed by atoms with Crippen molar-refractivity contribution in [3.05, 3.63) is 28.8 Å². The summed E-state index contributed by atoms with van der Waals surface area (Å²) in [5, 5.41) is 12.3. The first kappa shape index (κ1) is 12.7. The number of carboxylic acids is 1. The van der Waals surface area contributed by atoms with E-state index in [9.17, 15) is 9.59 Å². The number of carbonyl (C=O) groups excluding carboxylic acids is 1. The third-order valence-corrected chi connectivity index (χ3v) is 3.24. The molecule has 0 heterocycles. The predicted octanol–water partition coefficient (Wildman–Crippen LogP) is 1.71. The molecule has 0 spiro atoms. The third kappa shape index (κ3) is 2.73. The molecule has 1 amide bonds. The van der Waals surface area contributed by atoms with Gasteiger partial charge in [-0.05, 0) is 37.0 Å². The van der Waals surface area contributed by atoms with Gasteiger partial charge in [-0.3, -0.25) is 4.79 Å². The van der Waals surface area contributed by atoms with E-state index in [1.165, 1.54) is 12.1 Å². The van der Waals surface area contributed by atoms with E-state index >= 15 is 0 Å². The Labute approximate surface area is 109 Å². The maximum atomic E-state index is 11.1. The number of amides is 1. The molecule has 1 aromatic carbocycles. The maximum absolute atomic E-state index is 11.1. The van der Waals surface area contributed by atoms with Gasteiger partial charge in [-0.25, -0.2) is 4.79 Å². The van der Waals surface area contributed by atoms with Crippen molar-refractivity contribution in [3.63, 3.8) is 0 Å². The number of aliphatic carboxylic acids is 1. The summed E-state index contributed by atoms with van der Waals surface area (Å²) >= 11 is 5.98. The summed E-state index contributed by atoms with van der Waals surface area (Å²) in [6, 6.07) is 3.88. The number of hydrogen-bond donors (Lipinski definition) is 3. The fourth-order valence-electron chi connectivity index (χ4n) is 1.76. The van der Waals surface area contributed by atoms with Crippen molar-refractivity contribution in [2.24, 2.45) is 11.7 Å². The lowest BCUT2D eigenvalue weighted by Crippen LogP contribution is -2.31. The highest BCUT2D eigenvalue weighted by molar-refractivity contribution is 6.33. The minimum absolute atomic E-state index is 0.148.